The van der Waals surface area contributed by atoms with Gasteiger partial charge in [0.15, 0.2) is 0 Å². The normalized spacial score (nSPS) is 13.1. The Balaban J connectivity index is 2.44. The number of aliphatic carboxylic acids is 1. The zero-order valence-electron chi connectivity index (χ0n) is 14.7. The fraction of sp³-hybridized carbons (Fsp3) is 0.500. The Morgan fingerprint density at radius 1 is 1.16 bits per heavy atom. The van der Waals surface area contributed by atoms with Gasteiger partial charge in [0, 0.05) is 13.0 Å². The molecule has 1 aromatic carbocycles. The molecular formula is C18H27N3O4. The van der Waals surface area contributed by atoms with Gasteiger partial charge in [-0.15, -0.1) is 0 Å². The fourth-order valence-corrected chi connectivity index (χ4v) is 2.32. The van der Waals surface area contributed by atoms with Gasteiger partial charge < -0.3 is 21.5 Å². The highest BCUT2D eigenvalue weighted by Crippen LogP contribution is 2.03. The Morgan fingerprint density at radius 2 is 1.80 bits per heavy atom. The zero-order chi connectivity index (χ0) is 18.8. The monoisotopic (exact) mass is 349 g/mol. The van der Waals surface area contributed by atoms with Crippen molar-refractivity contribution in [3.63, 3.8) is 0 Å². The van der Waals surface area contributed by atoms with E-state index in [1.54, 1.807) is 0 Å². The minimum Gasteiger partial charge on any atom is -0.480 e. The van der Waals surface area contributed by atoms with Crippen LogP contribution in [0.25, 0.3) is 0 Å². The zero-order valence-corrected chi connectivity index (χ0v) is 14.7. The minimum atomic E-state index is -1.20. The maximum absolute atomic E-state index is 11.9. The SMILES string of the molecule is CC(C)C[C@H](N)C(=O)NC[C@H](NC(=O)CCc1ccccc1)C(=O)O. The Labute approximate surface area is 148 Å². The topological polar surface area (TPSA) is 122 Å². The van der Waals surface area contributed by atoms with E-state index in [-0.39, 0.29) is 24.8 Å². The van der Waals surface area contributed by atoms with E-state index >= 15 is 0 Å². The number of carboxylic acid groups (broad SMARTS) is 1. The van der Waals surface area contributed by atoms with Crippen molar-refractivity contribution in [1.29, 1.82) is 0 Å². The molecule has 0 saturated carbocycles. The number of benzene rings is 1. The molecule has 7 nitrogen and oxygen atoms in total. The number of hydrogen-bond acceptors (Lipinski definition) is 4. The lowest BCUT2D eigenvalue weighted by Gasteiger charge is -2.18. The van der Waals surface area contributed by atoms with Crippen LogP contribution in [0.5, 0.6) is 0 Å². The van der Waals surface area contributed by atoms with Crippen molar-refractivity contribution in [1.82, 2.24) is 10.6 Å². The van der Waals surface area contributed by atoms with Crippen molar-refractivity contribution in [2.24, 2.45) is 11.7 Å². The van der Waals surface area contributed by atoms with E-state index in [0.717, 1.165) is 5.56 Å². The van der Waals surface area contributed by atoms with Crippen molar-refractivity contribution in [3.05, 3.63) is 35.9 Å². The van der Waals surface area contributed by atoms with Gasteiger partial charge in [-0.25, -0.2) is 4.79 Å². The highest BCUT2D eigenvalue weighted by Gasteiger charge is 2.22. The second-order valence-electron chi connectivity index (χ2n) is 6.43. The summed E-state index contributed by atoms with van der Waals surface area (Å²) >= 11 is 0. The molecule has 0 bridgehead atoms. The Kier molecular flexibility index (Phi) is 8.63. The van der Waals surface area contributed by atoms with Gasteiger partial charge in [-0.3, -0.25) is 9.59 Å². The van der Waals surface area contributed by atoms with Crippen LogP contribution in [0, 0.1) is 5.92 Å². The molecule has 138 valence electrons. The highest BCUT2D eigenvalue weighted by molar-refractivity contribution is 5.85. The first-order valence-electron chi connectivity index (χ1n) is 8.39. The summed E-state index contributed by atoms with van der Waals surface area (Å²) in [7, 11) is 0. The first-order chi connectivity index (χ1) is 11.8. The molecule has 0 unspecified atom stereocenters. The third-order valence-corrected chi connectivity index (χ3v) is 3.66. The Bertz CT molecular complexity index is 575. The van der Waals surface area contributed by atoms with Crippen molar-refractivity contribution < 1.29 is 19.5 Å². The van der Waals surface area contributed by atoms with Gasteiger partial charge in [0.05, 0.1) is 6.04 Å². The summed E-state index contributed by atoms with van der Waals surface area (Å²) in [6.45, 7) is 3.69. The molecule has 0 saturated heterocycles. The average Bonchev–Trinajstić information content (AvgIpc) is 2.56. The third kappa shape index (κ3) is 8.30. The summed E-state index contributed by atoms with van der Waals surface area (Å²) in [5.74, 6) is -1.74. The molecule has 2 atom stereocenters. The van der Waals surface area contributed by atoms with Crippen LogP contribution >= 0.6 is 0 Å². The van der Waals surface area contributed by atoms with E-state index in [0.29, 0.717) is 12.8 Å². The largest absolute Gasteiger partial charge is 0.480 e. The molecule has 1 aromatic rings. The van der Waals surface area contributed by atoms with Crippen LogP contribution in [0.2, 0.25) is 0 Å². The van der Waals surface area contributed by atoms with Gasteiger partial charge in [0.2, 0.25) is 11.8 Å². The first kappa shape index (κ1) is 20.6. The third-order valence-electron chi connectivity index (χ3n) is 3.66. The van der Waals surface area contributed by atoms with Crippen molar-refractivity contribution in [3.8, 4) is 0 Å². The fourth-order valence-electron chi connectivity index (χ4n) is 2.32. The molecule has 25 heavy (non-hydrogen) atoms. The van der Waals surface area contributed by atoms with Gasteiger partial charge in [-0.2, -0.15) is 0 Å². The maximum atomic E-state index is 11.9. The predicted octanol–water partition coefficient (Wildman–Crippen LogP) is 0.678. The van der Waals surface area contributed by atoms with Crippen LogP contribution in [-0.2, 0) is 20.8 Å². The number of amides is 2. The number of carbonyl (C=O) groups is 3. The second-order valence-corrected chi connectivity index (χ2v) is 6.43. The number of nitrogens with one attached hydrogen (secondary N) is 2. The standard InChI is InChI=1S/C18H27N3O4/c1-12(2)10-14(19)17(23)20-11-15(18(24)25)21-16(22)9-8-13-6-4-3-5-7-13/h3-7,12,14-15H,8-11,19H2,1-2H3,(H,20,23)(H,21,22)(H,24,25)/t14-,15-/m0/s1. The molecule has 0 aliphatic heterocycles. The van der Waals surface area contributed by atoms with E-state index in [1.807, 2.05) is 44.2 Å². The lowest BCUT2D eigenvalue weighted by atomic mass is 10.0. The van der Waals surface area contributed by atoms with Gasteiger partial charge in [-0.05, 0) is 24.3 Å². The lowest BCUT2D eigenvalue weighted by molar-refractivity contribution is -0.141. The number of carbonyl (C=O) groups excluding carboxylic acids is 2. The van der Waals surface area contributed by atoms with E-state index in [1.165, 1.54) is 0 Å². The van der Waals surface area contributed by atoms with Crippen LogP contribution in [0.3, 0.4) is 0 Å². The summed E-state index contributed by atoms with van der Waals surface area (Å²) in [5.41, 5.74) is 6.74. The Morgan fingerprint density at radius 3 is 2.36 bits per heavy atom. The molecule has 0 spiro atoms. The van der Waals surface area contributed by atoms with E-state index in [4.69, 9.17) is 5.73 Å². The summed E-state index contributed by atoms with van der Waals surface area (Å²) in [5, 5.41) is 14.1. The van der Waals surface area contributed by atoms with Gasteiger partial charge in [0.1, 0.15) is 6.04 Å². The number of carboxylic acids is 1. The molecule has 0 radical (unpaired) electrons. The molecular weight excluding hydrogens is 322 g/mol. The van der Waals surface area contributed by atoms with Crippen molar-refractivity contribution >= 4 is 17.8 Å². The van der Waals surface area contributed by atoms with Crippen LogP contribution < -0.4 is 16.4 Å². The predicted molar refractivity (Wildman–Crippen MR) is 94.8 cm³/mol. The summed E-state index contributed by atoms with van der Waals surface area (Å²) in [6.07, 6.45) is 1.20. The molecule has 2 amide bonds. The summed E-state index contributed by atoms with van der Waals surface area (Å²) < 4.78 is 0. The van der Waals surface area contributed by atoms with Crippen LogP contribution in [0.15, 0.2) is 30.3 Å². The quantitative estimate of drug-likeness (QED) is 0.495. The smallest absolute Gasteiger partial charge is 0.328 e. The number of hydrogen-bond donors (Lipinski definition) is 4. The van der Waals surface area contributed by atoms with Gasteiger partial charge >= 0.3 is 5.97 Å². The van der Waals surface area contributed by atoms with E-state index in [2.05, 4.69) is 10.6 Å². The van der Waals surface area contributed by atoms with Crippen molar-refractivity contribution in [2.45, 2.75) is 45.2 Å². The average molecular weight is 349 g/mol. The maximum Gasteiger partial charge on any atom is 0.328 e. The van der Waals surface area contributed by atoms with Crippen LogP contribution in [-0.4, -0.2) is 41.5 Å². The number of nitrogens with two attached hydrogens (primary N) is 1. The summed E-state index contributed by atoms with van der Waals surface area (Å²) in [4.78, 5) is 35.1. The molecule has 0 aliphatic rings. The molecule has 7 heteroatoms. The van der Waals surface area contributed by atoms with Crippen molar-refractivity contribution in [2.75, 3.05) is 6.54 Å². The number of aryl methyl sites for hydroxylation is 1. The first-order valence-corrected chi connectivity index (χ1v) is 8.39. The molecule has 0 heterocycles. The highest BCUT2D eigenvalue weighted by atomic mass is 16.4. The molecule has 0 aliphatic carbocycles. The Hall–Kier alpha value is -2.41. The van der Waals surface area contributed by atoms with E-state index < -0.39 is 24.0 Å². The molecule has 1 rings (SSSR count). The molecule has 0 aromatic heterocycles. The second kappa shape index (κ2) is 10.5. The number of rotatable bonds is 10. The van der Waals surface area contributed by atoms with Gasteiger partial charge in [-0.1, -0.05) is 44.2 Å². The van der Waals surface area contributed by atoms with Crippen LogP contribution in [0.4, 0.5) is 0 Å². The van der Waals surface area contributed by atoms with Gasteiger partial charge in [0.25, 0.3) is 0 Å². The minimum absolute atomic E-state index is 0.175. The molecule has 5 N–H and O–H groups in total. The lowest BCUT2D eigenvalue weighted by Crippen LogP contribution is -2.51. The molecule has 0 fully saturated rings. The van der Waals surface area contributed by atoms with E-state index in [9.17, 15) is 19.5 Å². The summed E-state index contributed by atoms with van der Waals surface area (Å²) in [6, 6.07) is 7.57. The van der Waals surface area contributed by atoms with Crippen LogP contribution in [0.1, 0.15) is 32.3 Å².